The Morgan fingerprint density at radius 3 is 2.46 bits per heavy atom. The summed E-state index contributed by atoms with van der Waals surface area (Å²) in [6, 6.07) is 12.8. The Labute approximate surface area is 162 Å². The van der Waals surface area contributed by atoms with Crippen molar-refractivity contribution in [3.05, 3.63) is 94.9 Å². The SMILES string of the molecule is Cc1c(C)n(Cc2cccc(F)c2)c2c(OCc3ccc(F)cc3)cncc12. The van der Waals surface area contributed by atoms with Gasteiger partial charge in [-0.3, -0.25) is 4.98 Å². The fourth-order valence-corrected chi connectivity index (χ4v) is 3.42. The molecular formula is C23H20F2N2O. The van der Waals surface area contributed by atoms with Crippen molar-refractivity contribution in [1.29, 1.82) is 0 Å². The van der Waals surface area contributed by atoms with Crippen molar-refractivity contribution in [2.24, 2.45) is 0 Å². The summed E-state index contributed by atoms with van der Waals surface area (Å²) >= 11 is 0. The molecule has 2 aromatic carbocycles. The van der Waals surface area contributed by atoms with Crippen molar-refractivity contribution in [3.8, 4) is 5.75 Å². The summed E-state index contributed by atoms with van der Waals surface area (Å²) in [7, 11) is 0. The molecule has 0 aliphatic carbocycles. The van der Waals surface area contributed by atoms with Crippen LogP contribution in [-0.4, -0.2) is 9.55 Å². The van der Waals surface area contributed by atoms with Gasteiger partial charge in [-0.15, -0.1) is 0 Å². The summed E-state index contributed by atoms with van der Waals surface area (Å²) in [5.74, 6) is 0.120. The fraction of sp³-hybridized carbons (Fsp3) is 0.174. The van der Waals surface area contributed by atoms with Crippen LogP contribution in [0.1, 0.15) is 22.4 Å². The van der Waals surface area contributed by atoms with Crippen molar-refractivity contribution < 1.29 is 13.5 Å². The summed E-state index contributed by atoms with van der Waals surface area (Å²) in [6.45, 7) is 4.93. The molecule has 0 radical (unpaired) electrons. The highest BCUT2D eigenvalue weighted by molar-refractivity contribution is 5.89. The van der Waals surface area contributed by atoms with E-state index in [1.165, 1.54) is 18.2 Å². The average molecular weight is 378 g/mol. The molecule has 0 fully saturated rings. The van der Waals surface area contributed by atoms with E-state index in [9.17, 15) is 8.78 Å². The molecule has 28 heavy (non-hydrogen) atoms. The molecule has 2 aromatic heterocycles. The quantitative estimate of drug-likeness (QED) is 0.455. The molecule has 0 saturated carbocycles. The third-order valence-electron chi connectivity index (χ3n) is 5.04. The molecule has 0 saturated heterocycles. The van der Waals surface area contributed by atoms with E-state index < -0.39 is 0 Å². The highest BCUT2D eigenvalue weighted by Crippen LogP contribution is 2.32. The Hall–Kier alpha value is -3.21. The molecule has 5 heteroatoms. The minimum atomic E-state index is -0.275. The van der Waals surface area contributed by atoms with E-state index >= 15 is 0 Å². The van der Waals surface area contributed by atoms with E-state index in [1.54, 1.807) is 30.5 Å². The molecular weight excluding hydrogens is 358 g/mol. The molecule has 0 atom stereocenters. The number of nitrogens with zero attached hydrogens (tertiary/aromatic N) is 2. The van der Waals surface area contributed by atoms with Gasteiger partial charge in [0, 0.05) is 23.8 Å². The Morgan fingerprint density at radius 1 is 0.929 bits per heavy atom. The Balaban J connectivity index is 1.72. The number of hydrogen-bond acceptors (Lipinski definition) is 2. The van der Waals surface area contributed by atoms with Gasteiger partial charge in [-0.2, -0.15) is 0 Å². The third-order valence-corrected chi connectivity index (χ3v) is 5.04. The van der Waals surface area contributed by atoms with Gasteiger partial charge in [0.25, 0.3) is 0 Å². The first-order chi connectivity index (χ1) is 13.5. The summed E-state index contributed by atoms with van der Waals surface area (Å²) in [4.78, 5) is 4.32. The Bertz CT molecular complexity index is 1130. The number of hydrogen-bond donors (Lipinski definition) is 0. The van der Waals surface area contributed by atoms with Gasteiger partial charge in [-0.25, -0.2) is 8.78 Å². The lowest BCUT2D eigenvalue weighted by molar-refractivity contribution is 0.307. The summed E-state index contributed by atoms with van der Waals surface area (Å²) < 4.78 is 34.9. The number of halogens is 2. The zero-order valence-electron chi connectivity index (χ0n) is 15.7. The van der Waals surface area contributed by atoms with E-state index in [0.717, 1.165) is 33.3 Å². The van der Waals surface area contributed by atoms with Gasteiger partial charge in [0.1, 0.15) is 18.2 Å². The Morgan fingerprint density at radius 2 is 1.71 bits per heavy atom. The lowest BCUT2D eigenvalue weighted by Gasteiger charge is -2.13. The smallest absolute Gasteiger partial charge is 0.162 e. The minimum absolute atomic E-state index is 0.252. The number of aromatic nitrogens is 2. The molecule has 0 aliphatic heterocycles. The molecule has 0 bridgehead atoms. The molecule has 0 N–H and O–H groups in total. The van der Waals surface area contributed by atoms with Crippen LogP contribution in [0, 0.1) is 25.5 Å². The predicted molar refractivity (Wildman–Crippen MR) is 105 cm³/mol. The van der Waals surface area contributed by atoms with E-state index in [1.807, 2.05) is 26.1 Å². The maximum Gasteiger partial charge on any atom is 0.162 e. The van der Waals surface area contributed by atoms with Crippen LogP contribution in [0.15, 0.2) is 60.9 Å². The van der Waals surface area contributed by atoms with Gasteiger partial charge in [-0.05, 0) is 54.8 Å². The summed E-state index contributed by atoms with van der Waals surface area (Å²) in [6.07, 6.45) is 3.51. The fourth-order valence-electron chi connectivity index (χ4n) is 3.42. The molecule has 142 valence electrons. The van der Waals surface area contributed by atoms with Crippen LogP contribution in [0.4, 0.5) is 8.78 Å². The number of ether oxygens (including phenoxy) is 1. The number of benzene rings is 2. The largest absolute Gasteiger partial charge is 0.485 e. The van der Waals surface area contributed by atoms with Crippen molar-refractivity contribution in [3.63, 3.8) is 0 Å². The summed E-state index contributed by atoms with van der Waals surface area (Å²) in [5, 5.41) is 1.01. The van der Waals surface area contributed by atoms with E-state index in [4.69, 9.17) is 4.74 Å². The first-order valence-corrected chi connectivity index (χ1v) is 9.08. The lowest BCUT2D eigenvalue weighted by Crippen LogP contribution is -2.04. The number of fused-ring (bicyclic) bond motifs is 1. The van der Waals surface area contributed by atoms with E-state index in [0.29, 0.717) is 18.9 Å². The van der Waals surface area contributed by atoms with Crippen LogP contribution < -0.4 is 4.74 Å². The lowest BCUT2D eigenvalue weighted by atomic mass is 10.2. The molecule has 0 amide bonds. The summed E-state index contributed by atoms with van der Waals surface area (Å²) in [5.41, 5.74) is 4.87. The second kappa shape index (κ2) is 7.43. The minimum Gasteiger partial charge on any atom is -0.485 e. The van der Waals surface area contributed by atoms with Crippen LogP contribution in [0.25, 0.3) is 10.9 Å². The normalized spacial score (nSPS) is 11.1. The maximum atomic E-state index is 13.6. The zero-order chi connectivity index (χ0) is 19.7. The molecule has 4 aromatic rings. The van der Waals surface area contributed by atoms with Crippen LogP contribution in [0.5, 0.6) is 5.75 Å². The van der Waals surface area contributed by atoms with Crippen LogP contribution in [-0.2, 0) is 13.2 Å². The molecule has 2 heterocycles. The van der Waals surface area contributed by atoms with Gasteiger partial charge in [0.15, 0.2) is 5.75 Å². The molecule has 0 unspecified atom stereocenters. The van der Waals surface area contributed by atoms with Gasteiger partial charge in [-0.1, -0.05) is 24.3 Å². The van der Waals surface area contributed by atoms with Gasteiger partial charge >= 0.3 is 0 Å². The monoisotopic (exact) mass is 378 g/mol. The van der Waals surface area contributed by atoms with Gasteiger partial charge < -0.3 is 9.30 Å². The van der Waals surface area contributed by atoms with Crippen molar-refractivity contribution in [2.45, 2.75) is 27.0 Å². The van der Waals surface area contributed by atoms with Crippen LogP contribution in [0.3, 0.4) is 0 Å². The zero-order valence-corrected chi connectivity index (χ0v) is 15.7. The van der Waals surface area contributed by atoms with Crippen LogP contribution >= 0.6 is 0 Å². The number of pyridine rings is 1. The second-order valence-electron chi connectivity index (χ2n) is 6.88. The number of rotatable bonds is 5. The van der Waals surface area contributed by atoms with Gasteiger partial charge in [0.2, 0.25) is 0 Å². The second-order valence-corrected chi connectivity index (χ2v) is 6.88. The molecule has 0 spiro atoms. The van der Waals surface area contributed by atoms with E-state index in [2.05, 4.69) is 9.55 Å². The molecule has 0 aliphatic rings. The van der Waals surface area contributed by atoms with Crippen molar-refractivity contribution >= 4 is 10.9 Å². The van der Waals surface area contributed by atoms with Crippen molar-refractivity contribution in [1.82, 2.24) is 9.55 Å². The molecule has 3 nitrogen and oxygen atoms in total. The van der Waals surface area contributed by atoms with Crippen LogP contribution in [0.2, 0.25) is 0 Å². The highest BCUT2D eigenvalue weighted by atomic mass is 19.1. The first kappa shape index (κ1) is 18.2. The number of aryl methyl sites for hydroxylation is 1. The first-order valence-electron chi connectivity index (χ1n) is 9.08. The van der Waals surface area contributed by atoms with Gasteiger partial charge in [0.05, 0.1) is 11.7 Å². The topological polar surface area (TPSA) is 27.1 Å². The third kappa shape index (κ3) is 3.48. The van der Waals surface area contributed by atoms with Crippen molar-refractivity contribution in [2.75, 3.05) is 0 Å². The van der Waals surface area contributed by atoms with E-state index in [-0.39, 0.29) is 11.6 Å². The highest BCUT2D eigenvalue weighted by Gasteiger charge is 2.16. The predicted octanol–water partition coefficient (Wildman–Crippen LogP) is 5.56. The standard InChI is InChI=1S/C23H20F2N2O/c1-15-16(2)27(13-18-4-3-5-20(25)10-18)23-21(15)11-26-12-22(23)28-14-17-6-8-19(24)9-7-17/h3-12H,13-14H2,1-2H3. The Kier molecular flexibility index (Phi) is 4.82. The average Bonchev–Trinajstić information content (AvgIpc) is 2.93. The molecule has 4 rings (SSSR count). The maximum absolute atomic E-state index is 13.6.